The van der Waals surface area contributed by atoms with Crippen LogP contribution in [0.3, 0.4) is 0 Å². The highest BCUT2D eigenvalue weighted by Gasteiger charge is 2.18. The van der Waals surface area contributed by atoms with Crippen LogP contribution in [0.5, 0.6) is 0 Å². The third-order valence-electron chi connectivity index (χ3n) is 2.20. The van der Waals surface area contributed by atoms with Crippen molar-refractivity contribution in [2.24, 2.45) is 17.4 Å². The summed E-state index contributed by atoms with van der Waals surface area (Å²) in [6.45, 7) is 4.39. The summed E-state index contributed by atoms with van der Waals surface area (Å²) >= 11 is 0. The van der Waals surface area contributed by atoms with E-state index < -0.39 is 0 Å². The largest absolute Gasteiger partial charge is 0.422 e. The predicted molar refractivity (Wildman–Crippen MR) is 48.6 cm³/mol. The van der Waals surface area contributed by atoms with Gasteiger partial charge in [-0.05, 0) is 5.92 Å². The first-order valence-electron chi connectivity index (χ1n) is 4.47. The molecule has 1 aromatic rings. The fourth-order valence-electron chi connectivity index (χ4n) is 0.981. The van der Waals surface area contributed by atoms with Crippen LogP contribution in [-0.4, -0.2) is 10.2 Å². The normalized spacial score (nSPS) is 15.7. The first-order valence-corrected chi connectivity index (χ1v) is 4.47. The van der Waals surface area contributed by atoms with E-state index in [9.17, 15) is 0 Å². The Morgan fingerprint density at radius 3 is 2.62 bits per heavy atom. The molecule has 4 N–H and O–H groups in total. The molecule has 0 radical (unpaired) electrons. The topological polar surface area (TPSA) is 91.0 Å². The van der Waals surface area contributed by atoms with Crippen LogP contribution in [0.2, 0.25) is 0 Å². The second kappa shape index (κ2) is 4.34. The molecule has 5 nitrogen and oxygen atoms in total. The lowest BCUT2D eigenvalue weighted by Gasteiger charge is -2.13. The molecule has 1 rings (SSSR count). The Morgan fingerprint density at radius 1 is 1.46 bits per heavy atom. The van der Waals surface area contributed by atoms with Crippen LogP contribution in [-0.2, 0) is 6.54 Å². The van der Waals surface area contributed by atoms with Gasteiger partial charge in [0, 0.05) is 0 Å². The van der Waals surface area contributed by atoms with E-state index in [0.717, 1.165) is 6.42 Å². The van der Waals surface area contributed by atoms with Crippen LogP contribution in [0.4, 0.5) is 0 Å². The van der Waals surface area contributed by atoms with Gasteiger partial charge >= 0.3 is 0 Å². The maximum absolute atomic E-state index is 5.88. The van der Waals surface area contributed by atoms with Crippen molar-refractivity contribution in [2.45, 2.75) is 32.9 Å². The summed E-state index contributed by atoms with van der Waals surface area (Å²) in [5.74, 6) is 1.26. The fourth-order valence-corrected chi connectivity index (χ4v) is 0.981. The summed E-state index contributed by atoms with van der Waals surface area (Å²) in [7, 11) is 0. The first-order chi connectivity index (χ1) is 6.19. The van der Waals surface area contributed by atoms with Gasteiger partial charge in [-0.25, -0.2) is 0 Å². The van der Waals surface area contributed by atoms with Gasteiger partial charge in [0.05, 0.1) is 12.6 Å². The number of nitrogens with two attached hydrogens (primary N) is 2. The van der Waals surface area contributed by atoms with Crippen molar-refractivity contribution >= 4 is 0 Å². The van der Waals surface area contributed by atoms with Crippen LogP contribution in [0.25, 0.3) is 0 Å². The average Bonchev–Trinajstić information content (AvgIpc) is 2.63. The van der Waals surface area contributed by atoms with E-state index in [1.807, 2.05) is 0 Å². The van der Waals surface area contributed by atoms with E-state index in [-0.39, 0.29) is 12.6 Å². The van der Waals surface area contributed by atoms with Crippen molar-refractivity contribution in [3.63, 3.8) is 0 Å². The van der Waals surface area contributed by atoms with E-state index in [0.29, 0.717) is 17.7 Å². The Morgan fingerprint density at radius 2 is 2.15 bits per heavy atom. The molecule has 0 saturated heterocycles. The van der Waals surface area contributed by atoms with E-state index in [1.165, 1.54) is 0 Å². The van der Waals surface area contributed by atoms with E-state index in [1.54, 1.807) is 0 Å². The molecule has 0 aliphatic heterocycles. The molecule has 0 aliphatic carbocycles. The fraction of sp³-hybridized carbons (Fsp3) is 0.750. The molecule has 0 saturated carbocycles. The molecule has 74 valence electrons. The van der Waals surface area contributed by atoms with Gasteiger partial charge in [0.1, 0.15) is 0 Å². The third-order valence-corrected chi connectivity index (χ3v) is 2.20. The van der Waals surface area contributed by atoms with E-state index in [4.69, 9.17) is 15.9 Å². The summed E-state index contributed by atoms with van der Waals surface area (Å²) in [5, 5.41) is 7.59. The van der Waals surface area contributed by atoms with Gasteiger partial charge in [-0.3, -0.25) is 0 Å². The standard InChI is InChI=1S/C8H16N4O/c1-3-5(2)7(10)8-12-11-6(4-9)13-8/h5,7H,3-4,9-10H2,1-2H3. The Kier molecular flexibility index (Phi) is 3.39. The maximum atomic E-state index is 5.88. The molecule has 13 heavy (non-hydrogen) atoms. The van der Waals surface area contributed by atoms with Gasteiger partial charge in [-0.15, -0.1) is 10.2 Å². The molecule has 0 fully saturated rings. The van der Waals surface area contributed by atoms with Crippen molar-refractivity contribution < 1.29 is 4.42 Å². The Hall–Kier alpha value is -0.940. The number of hydrogen-bond acceptors (Lipinski definition) is 5. The summed E-state index contributed by atoms with van der Waals surface area (Å²) in [5.41, 5.74) is 11.2. The summed E-state index contributed by atoms with van der Waals surface area (Å²) < 4.78 is 5.25. The summed E-state index contributed by atoms with van der Waals surface area (Å²) in [6.07, 6.45) is 0.988. The lowest BCUT2D eigenvalue weighted by Crippen LogP contribution is -2.18. The number of rotatable bonds is 4. The zero-order valence-corrected chi connectivity index (χ0v) is 8.03. The average molecular weight is 184 g/mol. The van der Waals surface area contributed by atoms with Crippen LogP contribution in [0.15, 0.2) is 4.42 Å². The predicted octanol–water partition coefficient (Wildman–Crippen LogP) is 0.574. The molecule has 1 aromatic heterocycles. The minimum absolute atomic E-state index is 0.183. The molecular formula is C8H16N4O. The lowest BCUT2D eigenvalue weighted by atomic mass is 10.0. The van der Waals surface area contributed by atoms with Crippen LogP contribution >= 0.6 is 0 Å². The minimum atomic E-state index is -0.183. The molecular weight excluding hydrogens is 168 g/mol. The Labute approximate surface area is 77.5 Å². The van der Waals surface area contributed by atoms with Crippen LogP contribution in [0, 0.1) is 5.92 Å². The molecule has 5 heteroatoms. The number of nitrogens with zero attached hydrogens (tertiary/aromatic N) is 2. The smallest absolute Gasteiger partial charge is 0.233 e. The van der Waals surface area contributed by atoms with E-state index >= 15 is 0 Å². The SMILES string of the molecule is CCC(C)C(N)c1nnc(CN)o1. The van der Waals surface area contributed by atoms with Gasteiger partial charge in [-0.2, -0.15) is 0 Å². The summed E-state index contributed by atoms with van der Waals surface area (Å²) in [4.78, 5) is 0. The third kappa shape index (κ3) is 2.26. The highest BCUT2D eigenvalue weighted by atomic mass is 16.4. The monoisotopic (exact) mass is 184 g/mol. The molecule has 2 unspecified atom stereocenters. The zero-order valence-electron chi connectivity index (χ0n) is 8.03. The molecule has 0 amide bonds. The van der Waals surface area contributed by atoms with E-state index in [2.05, 4.69) is 24.0 Å². The van der Waals surface area contributed by atoms with Crippen LogP contribution in [0.1, 0.15) is 38.1 Å². The Bertz CT molecular complexity index is 260. The van der Waals surface area contributed by atoms with Gasteiger partial charge in [-0.1, -0.05) is 20.3 Å². The highest BCUT2D eigenvalue weighted by molar-refractivity contribution is 4.90. The van der Waals surface area contributed by atoms with Gasteiger partial charge < -0.3 is 15.9 Å². The number of aromatic nitrogens is 2. The van der Waals surface area contributed by atoms with Gasteiger partial charge in [0.25, 0.3) is 0 Å². The maximum Gasteiger partial charge on any atom is 0.233 e. The van der Waals surface area contributed by atoms with Crippen molar-refractivity contribution in [3.8, 4) is 0 Å². The van der Waals surface area contributed by atoms with Crippen LogP contribution < -0.4 is 11.5 Å². The van der Waals surface area contributed by atoms with Crippen molar-refractivity contribution in [2.75, 3.05) is 0 Å². The quantitative estimate of drug-likeness (QED) is 0.714. The zero-order chi connectivity index (χ0) is 9.84. The van der Waals surface area contributed by atoms with Gasteiger partial charge in [0.2, 0.25) is 11.8 Å². The second-order valence-electron chi connectivity index (χ2n) is 3.15. The highest BCUT2D eigenvalue weighted by Crippen LogP contribution is 2.20. The molecule has 0 aromatic carbocycles. The molecule has 0 spiro atoms. The molecule has 2 atom stereocenters. The van der Waals surface area contributed by atoms with Crippen molar-refractivity contribution in [1.29, 1.82) is 0 Å². The van der Waals surface area contributed by atoms with Gasteiger partial charge in [0.15, 0.2) is 0 Å². The lowest BCUT2D eigenvalue weighted by molar-refractivity contribution is 0.351. The molecule has 0 bridgehead atoms. The summed E-state index contributed by atoms with van der Waals surface area (Å²) in [6, 6.07) is -0.183. The minimum Gasteiger partial charge on any atom is -0.422 e. The molecule has 1 heterocycles. The molecule has 0 aliphatic rings. The Balaban J connectivity index is 2.70. The first kappa shape index (κ1) is 10.1. The number of hydrogen-bond donors (Lipinski definition) is 2. The second-order valence-corrected chi connectivity index (χ2v) is 3.15. The van der Waals surface area contributed by atoms with Crippen molar-refractivity contribution in [3.05, 3.63) is 11.8 Å². The van der Waals surface area contributed by atoms with Crippen molar-refractivity contribution in [1.82, 2.24) is 10.2 Å².